The van der Waals surface area contributed by atoms with Crippen LogP contribution in [-0.2, 0) is 7.05 Å². The van der Waals surface area contributed by atoms with E-state index in [1.807, 2.05) is 0 Å². The summed E-state index contributed by atoms with van der Waals surface area (Å²) >= 11 is 23.3. The standard InChI is InChI=1S/C16H17NS5/c1-5-6(2)10-8(12(18)7(5)3)9-11(17(10)4)14(20)16(22)15(21)13(9)19/h18-22H,1-4H3. The first-order chi connectivity index (χ1) is 10.2. The summed E-state index contributed by atoms with van der Waals surface area (Å²) in [6.45, 7) is 6.40. The highest BCUT2D eigenvalue weighted by Crippen LogP contribution is 2.46. The molecule has 0 fully saturated rings. The highest BCUT2D eigenvalue weighted by molar-refractivity contribution is 7.86. The lowest BCUT2D eigenvalue weighted by Crippen LogP contribution is -1.95. The predicted molar refractivity (Wildman–Crippen MR) is 111 cm³/mol. The second-order valence-corrected chi connectivity index (χ2v) is 7.86. The number of aryl methyl sites for hydroxylation is 2. The molecule has 0 aliphatic carbocycles. The molecule has 0 aliphatic rings. The molecule has 0 amide bonds. The average Bonchev–Trinajstić information content (AvgIpc) is 2.80. The largest absolute Gasteiger partial charge is 0.342 e. The molecular weight excluding hydrogens is 367 g/mol. The van der Waals surface area contributed by atoms with Gasteiger partial charge < -0.3 is 4.57 Å². The molecule has 0 aliphatic heterocycles. The monoisotopic (exact) mass is 383 g/mol. The van der Waals surface area contributed by atoms with E-state index in [1.165, 1.54) is 22.2 Å². The molecule has 3 rings (SSSR count). The molecule has 6 heteroatoms. The average molecular weight is 384 g/mol. The lowest BCUT2D eigenvalue weighted by atomic mass is 9.99. The first-order valence-electron chi connectivity index (χ1n) is 6.76. The first-order valence-corrected chi connectivity index (χ1v) is 9.00. The number of aromatic nitrogens is 1. The Hall–Kier alpha value is -0.0100. The van der Waals surface area contributed by atoms with Gasteiger partial charge in [-0.05, 0) is 37.5 Å². The molecule has 1 heterocycles. The van der Waals surface area contributed by atoms with Crippen LogP contribution in [0, 0.1) is 20.8 Å². The van der Waals surface area contributed by atoms with Crippen LogP contribution in [0.1, 0.15) is 16.7 Å². The number of hydrogen-bond acceptors (Lipinski definition) is 5. The van der Waals surface area contributed by atoms with Crippen molar-refractivity contribution in [3.05, 3.63) is 16.7 Å². The van der Waals surface area contributed by atoms with Gasteiger partial charge in [-0.2, -0.15) is 0 Å². The van der Waals surface area contributed by atoms with Crippen LogP contribution in [0.2, 0.25) is 0 Å². The normalized spacial score (nSPS) is 11.9. The molecule has 1 aromatic heterocycles. The number of fused-ring (bicyclic) bond motifs is 3. The van der Waals surface area contributed by atoms with Gasteiger partial charge in [-0.1, -0.05) is 0 Å². The molecule has 1 nitrogen and oxygen atoms in total. The number of rotatable bonds is 0. The van der Waals surface area contributed by atoms with Crippen molar-refractivity contribution in [1.29, 1.82) is 0 Å². The zero-order valence-electron chi connectivity index (χ0n) is 12.7. The summed E-state index contributed by atoms with van der Waals surface area (Å²) in [4.78, 5) is 4.14. The zero-order chi connectivity index (χ0) is 16.5. The van der Waals surface area contributed by atoms with E-state index in [0.717, 1.165) is 40.8 Å². The molecule has 0 N–H and O–H groups in total. The molecular formula is C16H17NS5. The Labute approximate surface area is 157 Å². The van der Waals surface area contributed by atoms with Crippen LogP contribution < -0.4 is 0 Å². The van der Waals surface area contributed by atoms with E-state index in [1.54, 1.807) is 0 Å². The molecule has 0 unspecified atom stereocenters. The van der Waals surface area contributed by atoms with Crippen molar-refractivity contribution in [3.8, 4) is 0 Å². The fourth-order valence-electron chi connectivity index (χ4n) is 3.14. The van der Waals surface area contributed by atoms with E-state index in [9.17, 15) is 0 Å². The molecule has 0 saturated carbocycles. The van der Waals surface area contributed by atoms with Gasteiger partial charge in [-0.25, -0.2) is 0 Å². The minimum atomic E-state index is 0.750. The first kappa shape index (κ1) is 16.8. The molecule has 3 aromatic rings. The van der Waals surface area contributed by atoms with Crippen molar-refractivity contribution in [2.75, 3.05) is 0 Å². The molecule has 0 spiro atoms. The van der Waals surface area contributed by atoms with E-state index in [4.69, 9.17) is 25.3 Å². The number of thiol groups is 5. The third kappa shape index (κ3) is 2.00. The van der Waals surface area contributed by atoms with Crippen molar-refractivity contribution < 1.29 is 0 Å². The van der Waals surface area contributed by atoms with Gasteiger partial charge in [-0.3, -0.25) is 0 Å². The van der Waals surface area contributed by atoms with Crippen molar-refractivity contribution >= 4 is 84.9 Å². The van der Waals surface area contributed by atoms with Gasteiger partial charge in [0.15, 0.2) is 0 Å². The topological polar surface area (TPSA) is 4.93 Å². The minimum Gasteiger partial charge on any atom is -0.342 e. The molecule has 2 aromatic carbocycles. The number of benzene rings is 2. The van der Waals surface area contributed by atoms with E-state index >= 15 is 0 Å². The van der Waals surface area contributed by atoms with Gasteiger partial charge >= 0.3 is 0 Å². The Morgan fingerprint density at radius 2 is 1.05 bits per heavy atom. The zero-order valence-corrected chi connectivity index (χ0v) is 17.2. The SMILES string of the molecule is Cc1c(C)c(C)c2c(c1S)c1c(S)c(S)c(S)c(S)c1n2C. The molecule has 22 heavy (non-hydrogen) atoms. The van der Waals surface area contributed by atoms with Crippen molar-refractivity contribution in [2.45, 2.75) is 45.2 Å². The maximum Gasteiger partial charge on any atom is 0.0648 e. The summed E-state index contributed by atoms with van der Waals surface area (Å²) < 4.78 is 2.17. The van der Waals surface area contributed by atoms with Crippen molar-refractivity contribution in [3.63, 3.8) is 0 Å². The fraction of sp³-hybridized carbons (Fsp3) is 0.250. The van der Waals surface area contributed by atoms with Crippen LogP contribution in [0.3, 0.4) is 0 Å². The van der Waals surface area contributed by atoms with Crippen molar-refractivity contribution in [1.82, 2.24) is 4.57 Å². The lowest BCUT2D eigenvalue weighted by Gasteiger charge is -2.12. The molecule has 116 valence electrons. The Kier molecular flexibility index (Phi) is 4.22. The maximum absolute atomic E-state index is 4.80. The summed E-state index contributed by atoms with van der Waals surface area (Å²) in [5.74, 6) is 0. The molecule has 0 bridgehead atoms. The molecule has 0 saturated heterocycles. The van der Waals surface area contributed by atoms with Gasteiger partial charge in [0.05, 0.1) is 11.0 Å². The lowest BCUT2D eigenvalue weighted by molar-refractivity contribution is 0.967. The summed E-state index contributed by atoms with van der Waals surface area (Å²) in [6, 6.07) is 0. The Morgan fingerprint density at radius 3 is 1.64 bits per heavy atom. The summed E-state index contributed by atoms with van der Waals surface area (Å²) in [6.07, 6.45) is 0. The van der Waals surface area contributed by atoms with Gasteiger partial charge in [-0.15, -0.1) is 63.1 Å². The highest BCUT2D eigenvalue weighted by atomic mass is 32.1. The Bertz CT molecular complexity index is 892. The van der Waals surface area contributed by atoms with E-state index in [0.29, 0.717) is 0 Å². The summed E-state index contributed by atoms with van der Waals surface area (Å²) in [5.41, 5.74) is 5.91. The second-order valence-electron chi connectivity index (χ2n) is 5.62. The predicted octanol–water partition coefficient (Wildman–Crippen LogP) is 5.70. The minimum absolute atomic E-state index is 0.750. The second kappa shape index (κ2) is 5.52. The van der Waals surface area contributed by atoms with Crippen LogP contribution in [-0.4, -0.2) is 4.57 Å². The van der Waals surface area contributed by atoms with E-state index in [-0.39, 0.29) is 0 Å². The smallest absolute Gasteiger partial charge is 0.0648 e. The Balaban J connectivity index is 2.81. The molecule has 0 atom stereocenters. The summed E-state index contributed by atoms with van der Waals surface area (Å²) in [5, 5.41) is 2.16. The third-order valence-electron chi connectivity index (χ3n) is 4.60. The van der Waals surface area contributed by atoms with Gasteiger partial charge in [0.2, 0.25) is 0 Å². The molecule has 0 radical (unpaired) electrons. The van der Waals surface area contributed by atoms with Crippen molar-refractivity contribution in [2.24, 2.45) is 7.05 Å². The third-order valence-corrected chi connectivity index (χ3v) is 7.47. The van der Waals surface area contributed by atoms with Crippen LogP contribution in [0.4, 0.5) is 0 Å². The van der Waals surface area contributed by atoms with Crippen LogP contribution in [0.5, 0.6) is 0 Å². The van der Waals surface area contributed by atoms with E-state index in [2.05, 4.69) is 70.3 Å². The fourth-order valence-corrected chi connectivity index (χ4v) is 4.85. The maximum atomic E-state index is 4.80. The summed E-state index contributed by atoms with van der Waals surface area (Å²) in [7, 11) is 2.05. The number of nitrogens with zero attached hydrogens (tertiary/aromatic N) is 1. The van der Waals surface area contributed by atoms with Crippen LogP contribution >= 0.6 is 63.1 Å². The van der Waals surface area contributed by atoms with Gasteiger partial charge in [0, 0.05) is 42.3 Å². The van der Waals surface area contributed by atoms with Gasteiger partial charge in [0.25, 0.3) is 0 Å². The number of hydrogen-bond donors (Lipinski definition) is 5. The quantitative estimate of drug-likeness (QED) is 0.304. The van der Waals surface area contributed by atoms with Crippen LogP contribution in [0.25, 0.3) is 21.8 Å². The van der Waals surface area contributed by atoms with Crippen LogP contribution in [0.15, 0.2) is 24.5 Å². The van der Waals surface area contributed by atoms with Gasteiger partial charge in [0.1, 0.15) is 0 Å². The highest BCUT2D eigenvalue weighted by Gasteiger charge is 2.23. The Morgan fingerprint density at radius 1 is 0.545 bits per heavy atom. The van der Waals surface area contributed by atoms with E-state index < -0.39 is 0 Å².